The van der Waals surface area contributed by atoms with Gasteiger partial charge in [-0.25, -0.2) is 9.78 Å². The molecule has 0 spiro atoms. The number of nitrogens with zero attached hydrogens (tertiary/aromatic N) is 2. The maximum atomic E-state index is 11.0. The number of carbonyl (C=O) groups is 1. The van der Waals surface area contributed by atoms with E-state index in [1.54, 1.807) is 0 Å². The van der Waals surface area contributed by atoms with Gasteiger partial charge in [0.25, 0.3) is 0 Å². The minimum absolute atomic E-state index is 0.0978. The molecule has 0 saturated carbocycles. The van der Waals surface area contributed by atoms with Crippen LogP contribution in [0.1, 0.15) is 36.9 Å². The number of aromatic nitrogens is 1. The Bertz CT molecular complexity index is 463. The van der Waals surface area contributed by atoms with Crippen LogP contribution in [0, 0.1) is 11.8 Å². The summed E-state index contributed by atoms with van der Waals surface area (Å²) < 4.78 is 0. The Hall–Kier alpha value is -0.810. The predicted molar refractivity (Wildman–Crippen MR) is 73.8 cm³/mol. The van der Waals surface area contributed by atoms with Gasteiger partial charge in [-0.1, -0.05) is 36.8 Å². The van der Waals surface area contributed by atoms with Crippen molar-refractivity contribution >= 4 is 34.0 Å². The number of hydrogen-bond donors (Lipinski definition) is 1. The Morgan fingerprint density at radius 1 is 1.50 bits per heavy atom. The minimum atomic E-state index is -1.01. The van der Waals surface area contributed by atoms with Crippen molar-refractivity contribution in [2.45, 2.75) is 33.2 Å². The second kappa shape index (κ2) is 5.05. The molecule has 0 aliphatic carbocycles. The van der Waals surface area contributed by atoms with Gasteiger partial charge in [-0.05, 0) is 25.2 Å². The average Bonchev–Trinajstić information content (AvgIpc) is 2.65. The SMILES string of the molecule is CC1CC(C)C(C)N(c2nc(Cl)c(C(=O)O)s2)C1. The van der Waals surface area contributed by atoms with Crippen LogP contribution in [-0.4, -0.2) is 28.6 Å². The molecule has 6 heteroatoms. The highest BCUT2D eigenvalue weighted by Gasteiger charge is 2.31. The van der Waals surface area contributed by atoms with Gasteiger partial charge in [0.05, 0.1) is 0 Å². The zero-order valence-electron chi connectivity index (χ0n) is 10.7. The molecule has 100 valence electrons. The monoisotopic (exact) mass is 288 g/mol. The lowest BCUT2D eigenvalue weighted by atomic mass is 9.86. The third kappa shape index (κ3) is 2.47. The van der Waals surface area contributed by atoms with E-state index in [0.29, 0.717) is 17.9 Å². The zero-order valence-corrected chi connectivity index (χ0v) is 12.3. The molecular weight excluding hydrogens is 272 g/mol. The minimum Gasteiger partial charge on any atom is -0.477 e. The summed E-state index contributed by atoms with van der Waals surface area (Å²) in [5, 5.41) is 9.84. The maximum Gasteiger partial charge on any atom is 0.349 e. The molecule has 3 unspecified atom stereocenters. The third-order valence-corrected chi connectivity index (χ3v) is 5.08. The summed E-state index contributed by atoms with van der Waals surface area (Å²) in [6, 6.07) is 0.366. The molecule has 1 N–H and O–H groups in total. The fraction of sp³-hybridized carbons (Fsp3) is 0.667. The van der Waals surface area contributed by atoms with Crippen LogP contribution in [0.3, 0.4) is 0 Å². The first kappa shape index (κ1) is 13.6. The van der Waals surface area contributed by atoms with E-state index in [0.717, 1.165) is 11.7 Å². The molecule has 2 rings (SSSR count). The van der Waals surface area contributed by atoms with Gasteiger partial charge in [0.2, 0.25) is 0 Å². The van der Waals surface area contributed by atoms with Crippen LogP contribution >= 0.6 is 22.9 Å². The number of carboxylic acids is 1. The lowest BCUT2D eigenvalue weighted by molar-refractivity contribution is 0.0702. The van der Waals surface area contributed by atoms with E-state index in [9.17, 15) is 4.79 Å². The van der Waals surface area contributed by atoms with Gasteiger partial charge in [0, 0.05) is 12.6 Å². The molecule has 0 aromatic carbocycles. The summed E-state index contributed by atoms with van der Waals surface area (Å²) in [5.74, 6) is 0.159. The summed E-state index contributed by atoms with van der Waals surface area (Å²) in [4.78, 5) is 17.5. The van der Waals surface area contributed by atoms with E-state index >= 15 is 0 Å². The van der Waals surface area contributed by atoms with Crippen LogP contribution in [0.25, 0.3) is 0 Å². The molecule has 3 atom stereocenters. The van der Waals surface area contributed by atoms with Gasteiger partial charge >= 0.3 is 5.97 Å². The average molecular weight is 289 g/mol. The first-order chi connectivity index (χ1) is 8.40. The van der Waals surface area contributed by atoms with Gasteiger partial charge in [0.1, 0.15) is 0 Å². The van der Waals surface area contributed by atoms with Crippen molar-refractivity contribution in [3.63, 3.8) is 0 Å². The number of halogens is 1. The first-order valence-electron chi connectivity index (χ1n) is 6.06. The summed E-state index contributed by atoms with van der Waals surface area (Å²) in [7, 11) is 0. The topological polar surface area (TPSA) is 53.4 Å². The Kier molecular flexibility index (Phi) is 3.82. The third-order valence-electron chi connectivity index (χ3n) is 3.61. The van der Waals surface area contributed by atoms with E-state index in [-0.39, 0.29) is 10.0 Å². The molecule has 1 aromatic heterocycles. The predicted octanol–water partition coefficient (Wildman–Crippen LogP) is 3.37. The summed E-state index contributed by atoms with van der Waals surface area (Å²) in [5.41, 5.74) is 0. The molecule has 1 aliphatic heterocycles. The summed E-state index contributed by atoms with van der Waals surface area (Å²) in [6.07, 6.45) is 1.20. The molecule has 4 nitrogen and oxygen atoms in total. The standard InChI is InChI=1S/C12H17ClN2O2S/c1-6-4-7(2)8(3)15(5-6)12-14-10(13)9(18-12)11(16)17/h6-8H,4-5H2,1-3H3,(H,16,17). The van der Waals surface area contributed by atoms with Crippen molar-refractivity contribution in [2.24, 2.45) is 11.8 Å². The van der Waals surface area contributed by atoms with Crippen LogP contribution in [0.4, 0.5) is 5.13 Å². The lowest BCUT2D eigenvalue weighted by Gasteiger charge is -2.41. The van der Waals surface area contributed by atoms with Crippen LogP contribution in [0.5, 0.6) is 0 Å². The Morgan fingerprint density at radius 3 is 2.72 bits per heavy atom. The number of anilines is 1. The lowest BCUT2D eigenvalue weighted by Crippen LogP contribution is -2.45. The number of thiazole rings is 1. The van der Waals surface area contributed by atoms with Crippen molar-refractivity contribution < 1.29 is 9.90 Å². The molecule has 0 amide bonds. The smallest absolute Gasteiger partial charge is 0.349 e. The molecular formula is C12H17ClN2O2S. The van der Waals surface area contributed by atoms with E-state index in [1.165, 1.54) is 17.8 Å². The number of hydrogen-bond acceptors (Lipinski definition) is 4. The number of carboxylic acid groups (broad SMARTS) is 1. The molecule has 1 aromatic rings. The van der Waals surface area contributed by atoms with Gasteiger partial charge < -0.3 is 10.0 Å². The highest BCUT2D eigenvalue weighted by atomic mass is 35.5. The van der Waals surface area contributed by atoms with Gasteiger partial charge in [0.15, 0.2) is 15.2 Å². The van der Waals surface area contributed by atoms with Crippen molar-refractivity contribution in [3.05, 3.63) is 10.0 Å². The number of piperidine rings is 1. The zero-order chi connectivity index (χ0) is 13.4. The first-order valence-corrected chi connectivity index (χ1v) is 7.25. The number of rotatable bonds is 2. The summed E-state index contributed by atoms with van der Waals surface area (Å²) in [6.45, 7) is 7.50. The Morgan fingerprint density at radius 2 is 2.17 bits per heavy atom. The normalized spacial score (nSPS) is 28.4. The fourth-order valence-electron chi connectivity index (χ4n) is 2.51. The molecule has 2 heterocycles. The molecule has 18 heavy (non-hydrogen) atoms. The van der Waals surface area contributed by atoms with Gasteiger partial charge in [-0.2, -0.15) is 0 Å². The maximum absolute atomic E-state index is 11.0. The Labute approximate surface area is 116 Å². The van der Waals surface area contributed by atoms with Gasteiger partial charge in [-0.3, -0.25) is 0 Å². The number of aromatic carboxylic acids is 1. The van der Waals surface area contributed by atoms with E-state index in [4.69, 9.17) is 16.7 Å². The van der Waals surface area contributed by atoms with Crippen LogP contribution in [0.15, 0.2) is 0 Å². The highest BCUT2D eigenvalue weighted by molar-refractivity contribution is 7.18. The molecule has 0 bridgehead atoms. The quantitative estimate of drug-likeness (QED) is 0.906. The van der Waals surface area contributed by atoms with E-state index in [1.807, 2.05) is 0 Å². The van der Waals surface area contributed by atoms with Crippen LogP contribution < -0.4 is 4.90 Å². The largest absolute Gasteiger partial charge is 0.477 e. The summed E-state index contributed by atoms with van der Waals surface area (Å²) >= 11 is 7.04. The Balaban J connectivity index is 2.30. The molecule has 1 aliphatic rings. The van der Waals surface area contributed by atoms with Crippen molar-refractivity contribution in [1.29, 1.82) is 0 Å². The fourth-order valence-corrected chi connectivity index (χ4v) is 3.73. The molecule has 1 fully saturated rings. The second-order valence-electron chi connectivity index (χ2n) is 5.13. The second-order valence-corrected chi connectivity index (χ2v) is 6.47. The molecule has 0 radical (unpaired) electrons. The van der Waals surface area contributed by atoms with Crippen molar-refractivity contribution in [2.75, 3.05) is 11.4 Å². The van der Waals surface area contributed by atoms with Crippen molar-refractivity contribution in [1.82, 2.24) is 4.98 Å². The van der Waals surface area contributed by atoms with Crippen molar-refractivity contribution in [3.8, 4) is 0 Å². The van der Waals surface area contributed by atoms with Gasteiger partial charge in [-0.15, -0.1) is 0 Å². The van der Waals surface area contributed by atoms with Crippen LogP contribution in [-0.2, 0) is 0 Å². The van der Waals surface area contributed by atoms with Crippen LogP contribution in [0.2, 0.25) is 5.15 Å². The molecule has 1 saturated heterocycles. The van der Waals surface area contributed by atoms with E-state index in [2.05, 4.69) is 30.7 Å². The van der Waals surface area contributed by atoms with E-state index < -0.39 is 5.97 Å². The highest BCUT2D eigenvalue weighted by Crippen LogP contribution is 2.36.